The Morgan fingerprint density at radius 3 is 2.26 bits per heavy atom. The van der Waals surface area contributed by atoms with Crippen molar-refractivity contribution < 1.29 is 23.0 Å². The maximum Gasteiger partial charge on any atom is 0.314 e. The van der Waals surface area contributed by atoms with E-state index in [0.29, 0.717) is 17.9 Å². The Hall–Kier alpha value is -2.00. The first-order chi connectivity index (χ1) is 15.0. The molecule has 4 nitrogen and oxygen atoms in total. The standard InChI is InChI=1S/C25H33F2NO3/c1-2-3-4-15-30-21-12-9-18(10-13-21)17-5-7-19(8-6-17)25(29)31-22-14-11-20(16-28)23(26)24(22)27/h11,14,17-19,21H,2-10,12-13,15H2,1H3/t17-,18-,19-,21-. The molecule has 1 aromatic carbocycles. The Bertz CT molecular complexity index is 776. The topological polar surface area (TPSA) is 59.3 Å². The number of carbonyl (C=O) groups is 1. The third kappa shape index (κ3) is 6.26. The Balaban J connectivity index is 1.41. The van der Waals surface area contributed by atoms with Crippen LogP contribution in [0.1, 0.15) is 83.1 Å². The number of halogens is 2. The number of ether oxygens (including phenoxy) is 2. The number of hydrogen-bond acceptors (Lipinski definition) is 4. The lowest BCUT2D eigenvalue weighted by molar-refractivity contribution is -0.140. The van der Waals surface area contributed by atoms with E-state index in [0.717, 1.165) is 63.7 Å². The highest BCUT2D eigenvalue weighted by molar-refractivity contribution is 5.75. The molecular formula is C25H33F2NO3. The van der Waals surface area contributed by atoms with Crippen LogP contribution in [0.25, 0.3) is 0 Å². The molecule has 0 bridgehead atoms. The van der Waals surface area contributed by atoms with Crippen LogP contribution in [0, 0.1) is 40.7 Å². The van der Waals surface area contributed by atoms with E-state index in [4.69, 9.17) is 14.7 Å². The van der Waals surface area contributed by atoms with Crippen LogP contribution in [-0.2, 0) is 9.53 Å². The van der Waals surface area contributed by atoms with Gasteiger partial charge in [0, 0.05) is 6.61 Å². The van der Waals surface area contributed by atoms with E-state index in [1.54, 1.807) is 6.07 Å². The molecule has 0 spiro atoms. The highest BCUT2D eigenvalue weighted by Gasteiger charge is 2.34. The van der Waals surface area contributed by atoms with Crippen molar-refractivity contribution in [1.82, 2.24) is 0 Å². The van der Waals surface area contributed by atoms with E-state index >= 15 is 0 Å². The number of nitrogens with zero attached hydrogens (tertiary/aromatic N) is 1. The summed E-state index contributed by atoms with van der Waals surface area (Å²) < 4.78 is 38.9. The molecule has 3 rings (SSSR count). The summed E-state index contributed by atoms with van der Waals surface area (Å²) >= 11 is 0. The van der Waals surface area contributed by atoms with Crippen LogP contribution in [0.3, 0.4) is 0 Å². The normalized spacial score (nSPS) is 26.3. The van der Waals surface area contributed by atoms with Crippen LogP contribution in [-0.4, -0.2) is 18.7 Å². The van der Waals surface area contributed by atoms with Gasteiger partial charge in [-0.3, -0.25) is 4.79 Å². The third-order valence-electron chi connectivity index (χ3n) is 6.97. The number of nitriles is 1. The van der Waals surface area contributed by atoms with Crippen LogP contribution in [0.4, 0.5) is 8.78 Å². The predicted molar refractivity (Wildman–Crippen MR) is 113 cm³/mol. The van der Waals surface area contributed by atoms with Gasteiger partial charge in [0.25, 0.3) is 0 Å². The summed E-state index contributed by atoms with van der Waals surface area (Å²) in [5.74, 6) is -2.48. The summed E-state index contributed by atoms with van der Waals surface area (Å²) in [5, 5.41) is 8.75. The summed E-state index contributed by atoms with van der Waals surface area (Å²) in [6.07, 6.45) is 12.0. The van der Waals surface area contributed by atoms with Crippen LogP contribution < -0.4 is 4.74 Å². The minimum Gasteiger partial charge on any atom is -0.423 e. The van der Waals surface area contributed by atoms with Crippen LogP contribution in [0.2, 0.25) is 0 Å². The van der Waals surface area contributed by atoms with Gasteiger partial charge in [-0.1, -0.05) is 19.8 Å². The Kier molecular flexibility index (Phi) is 8.83. The second-order valence-electron chi connectivity index (χ2n) is 9.00. The molecule has 0 saturated heterocycles. The van der Waals surface area contributed by atoms with E-state index in [1.807, 2.05) is 0 Å². The van der Waals surface area contributed by atoms with Gasteiger partial charge >= 0.3 is 5.97 Å². The van der Waals surface area contributed by atoms with E-state index < -0.39 is 28.9 Å². The summed E-state index contributed by atoms with van der Waals surface area (Å²) in [5.41, 5.74) is -0.404. The Morgan fingerprint density at radius 1 is 1.00 bits per heavy atom. The van der Waals surface area contributed by atoms with Crippen molar-refractivity contribution in [3.63, 3.8) is 0 Å². The highest BCUT2D eigenvalue weighted by Crippen LogP contribution is 2.41. The lowest BCUT2D eigenvalue weighted by Crippen LogP contribution is -2.31. The summed E-state index contributed by atoms with van der Waals surface area (Å²) in [6.45, 7) is 3.07. The second kappa shape index (κ2) is 11.6. The van der Waals surface area contributed by atoms with Crippen molar-refractivity contribution in [2.24, 2.45) is 17.8 Å². The van der Waals surface area contributed by atoms with Gasteiger partial charge in [0.1, 0.15) is 6.07 Å². The number of rotatable bonds is 8. The molecule has 0 N–H and O–H groups in total. The number of unbranched alkanes of at least 4 members (excludes halogenated alkanes) is 2. The molecule has 2 aliphatic carbocycles. The summed E-state index contributed by atoms with van der Waals surface area (Å²) in [7, 11) is 0. The lowest BCUT2D eigenvalue weighted by Gasteiger charge is -2.37. The zero-order chi connectivity index (χ0) is 22.2. The lowest BCUT2D eigenvalue weighted by atomic mass is 9.70. The van der Waals surface area contributed by atoms with Gasteiger partial charge < -0.3 is 9.47 Å². The second-order valence-corrected chi connectivity index (χ2v) is 9.00. The quantitative estimate of drug-likeness (QED) is 0.274. The van der Waals surface area contributed by atoms with Crippen molar-refractivity contribution in [1.29, 1.82) is 5.26 Å². The third-order valence-corrected chi connectivity index (χ3v) is 6.97. The Morgan fingerprint density at radius 2 is 1.65 bits per heavy atom. The average Bonchev–Trinajstić information content (AvgIpc) is 2.80. The maximum atomic E-state index is 14.0. The Labute approximate surface area is 183 Å². The maximum absolute atomic E-state index is 14.0. The van der Waals surface area contributed by atoms with E-state index in [-0.39, 0.29) is 5.92 Å². The van der Waals surface area contributed by atoms with Gasteiger partial charge in [0.05, 0.1) is 17.6 Å². The first kappa shape index (κ1) is 23.7. The van der Waals surface area contributed by atoms with Gasteiger partial charge in [0.2, 0.25) is 5.82 Å². The van der Waals surface area contributed by atoms with E-state index in [9.17, 15) is 13.6 Å². The molecule has 0 amide bonds. The van der Waals surface area contributed by atoms with Crippen LogP contribution >= 0.6 is 0 Å². The van der Waals surface area contributed by atoms with Gasteiger partial charge in [-0.25, -0.2) is 4.39 Å². The molecule has 0 aliphatic heterocycles. The molecule has 1 aromatic rings. The minimum absolute atomic E-state index is 0.285. The molecular weight excluding hydrogens is 400 g/mol. The van der Waals surface area contributed by atoms with Crippen molar-refractivity contribution in [3.05, 3.63) is 29.3 Å². The van der Waals surface area contributed by atoms with Crippen LogP contribution in [0.15, 0.2) is 12.1 Å². The van der Waals surface area contributed by atoms with Crippen molar-refractivity contribution in [2.75, 3.05) is 6.61 Å². The molecule has 0 radical (unpaired) electrons. The van der Waals surface area contributed by atoms with Gasteiger partial charge in [0.15, 0.2) is 11.6 Å². The number of carbonyl (C=O) groups excluding carboxylic acids is 1. The predicted octanol–water partition coefficient (Wildman–Crippen LogP) is 6.31. The van der Waals surface area contributed by atoms with E-state index in [2.05, 4.69) is 6.92 Å². The molecule has 31 heavy (non-hydrogen) atoms. The van der Waals surface area contributed by atoms with Gasteiger partial charge in [-0.15, -0.1) is 0 Å². The molecule has 0 aromatic heterocycles. The monoisotopic (exact) mass is 433 g/mol. The SMILES string of the molecule is CCCCCO[C@H]1CC[C@H]([C@H]2CC[C@H](C(=O)Oc3ccc(C#N)c(F)c3F)CC2)CC1. The molecule has 2 aliphatic rings. The molecule has 170 valence electrons. The molecule has 0 atom stereocenters. The number of esters is 1. The highest BCUT2D eigenvalue weighted by atomic mass is 19.2. The molecule has 2 fully saturated rings. The fraction of sp³-hybridized carbons (Fsp3) is 0.680. The first-order valence-electron chi connectivity index (χ1n) is 11.7. The summed E-state index contributed by atoms with van der Waals surface area (Å²) in [6, 6.07) is 3.84. The number of hydrogen-bond donors (Lipinski definition) is 0. The van der Waals surface area contributed by atoms with Crippen molar-refractivity contribution in [2.45, 2.75) is 83.7 Å². The van der Waals surface area contributed by atoms with Crippen molar-refractivity contribution >= 4 is 5.97 Å². The zero-order valence-corrected chi connectivity index (χ0v) is 18.4. The minimum atomic E-state index is -1.28. The fourth-order valence-corrected chi connectivity index (χ4v) is 5.04. The molecule has 0 heterocycles. The smallest absolute Gasteiger partial charge is 0.314 e. The first-order valence-corrected chi connectivity index (χ1v) is 11.7. The largest absolute Gasteiger partial charge is 0.423 e. The molecule has 2 saturated carbocycles. The zero-order valence-electron chi connectivity index (χ0n) is 18.4. The average molecular weight is 434 g/mol. The van der Waals surface area contributed by atoms with Crippen LogP contribution in [0.5, 0.6) is 5.75 Å². The van der Waals surface area contributed by atoms with Gasteiger partial charge in [-0.05, 0) is 81.8 Å². The molecule has 0 unspecified atom stereocenters. The van der Waals surface area contributed by atoms with Gasteiger partial charge in [-0.2, -0.15) is 9.65 Å². The summed E-state index contributed by atoms with van der Waals surface area (Å²) in [4.78, 5) is 12.5. The molecule has 6 heteroatoms. The fourth-order valence-electron chi connectivity index (χ4n) is 5.04. The van der Waals surface area contributed by atoms with Crippen molar-refractivity contribution in [3.8, 4) is 11.8 Å². The van der Waals surface area contributed by atoms with E-state index in [1.165, 1.54) is 25.7 Å². The number of benzene rings is 1.